The van der Waals surface area contributed by atoms with Crippen molar-refractivity contribution in [1.29, 1.82) is 0 Å². The van der Waals surface area contributed by atoms with E-state index in [0.29, 0.717) is 22.4 Å². The number of esters is 2. The summed E-state index contributed by atoms with van der Waals surface area (Å²) in [5.41, 5.74) is 5.29. The molecule has 5 aromatic carbocycles. The van der Waals surface area contributed by atoms with Crippen molar-refractivity contribution in [2.24, 2.45) is 0 Å². The van der Waals surface area contributed by atoms with Crippen LogP contribution in [0.25, 0.3) is 12.2 Å². The summed E-state index contributed by atoms with van der Waals surface area (Å²) >= 11 is 0. The topological polar surface area (TPSA) is 172 Å². The van der Waals surface area contributed by atoms with Gasteiger partial charge in [0, 0.05) is 31.4 Å². The summed E-state index contributed by atoms with van der Waals surface area (Å²) in [7, 11) is 0. The molecule has 388 valence electrons. The van der Waals surface area contributed by atoms with E-state index in [1.807, 2.05) is 0 Å². The molecule has 0 radical (unpaired) electrons. The van der Waals surface area contributed by atoms with Crippen LogP contribution >= 0.6 is 0 Å². The number of ether oxygens (including phenoxy) is 4. The molecule has 0 spiro atoms. The van der Waals surface area contributed by atoms with Gasteiger partial charge in [-0.1, -0.05) is 48.6 Å². The molecule has 0 aromatic heterocycles. The van der Waals surface area contributed by atoms with Gasteiger partial charge < -0.3 is 34.9 Å². The number of nitrogen functional groups attached to an aromatic ring is 1. The van der Waals surface area contributed by atoms with Gasteiger partial charge in [0.05, 0.1) is 24.3 Å². The van der Waals surface area contributed by atoms with Crippen molar-refractivity contribution in [3.05, 3.63) is 161 Å². The van der Waals surface area contributed by atoms with E-state index in [0.717, 1.165) is 12.2 Å². The second-order valence-electron chi connectivity index (χ2n) is 16.4. The number of carbonyl (C=O) groups excluding carboxylic acids is 4. The monoisotopic (exact) mass is 1030 g/mol. The molecule has 0 aliphatic rings. The predicted octanol–water partition coefficient (Wildman–Crippen LogP) is 11.0. The van der Waals surface area contributed by atoms with Gasteiger partial charge in [0.1, 0.15) is 34.7 Å². The highest BCUT2D eigenvalue weighted by atomic mass is 19.4. The lowest BCUT2D eigenvalue weighted by Gasteiger charge is -2.27. The van der Waals surface area contributed by atoms with Crippen LogP contribution in [0.3, 0.4) is 0 Å². The first kappa shape index (κ1) is 56.4. The summed E-state index contributed by atoms with van der Waals surface area (Å²) in [5.74, 6) is -12.6. The second-order valence-corrected chi connectivity index (χ2v) is 16.4. The number of ketones is 2. The Morgan fingerprint density at radius 2 is 0.918 bits per heavy atom. The number of nitrogens with two attached hydrogens (primary N) is 1. The highest BCUT2D eigenvalue weighted by Gasteiger charge is 2.57. The molecule has 0 amide bonds. The lowest BCUT2D eigenvalue weighted by molar-refractivity contribution is -0.284. The van der Waals surface area contributed by atoms with Gasteiger partial charge in [-0.15, -0.1) is 0 Å². The second kappa shape index (κ2) is 24.3. The van der Waals surface area contributed by atoms with Crippen LogP contribution in [0.2, 0.25) is 0 Å². The third kappa shape index (κ3) is 16.8. The van der Waals surface area contributed by atoms with Crippen molar-refractivity contribution in [2.45, 2.75) is 74.4 Å². The largest absolute Gasteiger partial charge is 0.494 e. The standard InChI is InChI=1S/C52H45F10NO10/c53-49(54,51(57,58)59)27-1-29-70-39-21-11-36(12-22-39)46(67)72-41-17-5-33(6-18-41)9-25-43(64)44(65)32-48(69,31-35-3-15-38(63)16-4-35)45(66)26-10-34-7-19-42(20-8-34)73-47(68)37-13-23-40(24-14-37)71-30-2-28-50(55,56)52(60,61)62/h3-26,44,65,69H,1-2,27-32,63H2/b25-9+,26-10+. The van der Waals surface area contributed by atoms with Crippen LogP contribution in [0, 0.1) is 0 Å². The fourth-order valence-corrected chi connectivity index (χ4v) is 6.52. The number of aliphatic hydroxyl groups excluding tert-OH is 1. The average molecular weight is 1030 g/mol. The predicted molar refractivity (Wildman–Crippen MR) is 245 cm³/mol. The minimum Gasteiger partial charge on any atom is -0.494 e. The van der Waals surface area contributed by atoms with Crippen LogP contribution in [-0.2, 0) is 16.0 Å². The van der Waals surface area contributed by atoms with Crippen molar-refractivity contribution in [3.63, 3.8) is 0 Å². The van der Waals surface area contributed by atoms with E-state index < -0.39 is 105 Å². The molecule has 5 rings (SSSR count). The first-order valence-corrected chi connectivity index (χ1v) is 21.9. The fraction of sp³-hybridized carbons (Fsp3) is 0.269. The first-order valence-electron chi connectivity index (χ1n) is 21.9. The van der Waals surface area contributed by atoms with Crippen LogP contribution in [0.15, 0.2) is 133 Å². The Kier molecular flexibility index (Phi) is 18.7. The van der Waals surface area contributed by atoms with Gasteiger partial charge in [-0.2, -0.15) is 43.9 Å². The number of hydrogen-bond donors (Lipinski definition) is 3. The maximum Gasteiger partial charge on any atom is 0.453 e. The number of hydrogen-bond acceptors (Lipinski definition) is 11. The van der Waals surface area contributed by atoms with Crippen LogP contribution in [-0.4, -0.2) is 82.8 Å². The number of anilines is 1. The highest BCUT2D eigenvalue weighted by molar-refractivity contribution is 6.02. The lowest BCUT2D eigenvalue weighted by Crippen LogP contribution is -2.44. The summed E-state index contributed by atoms with van der Waals surface area (Å²) in [4.78, 5) is 52.2. The smallest absolute Gasteiger partial charge is 0.453 e. The maximum atomic E-state index is 13.7. The Labute approximate surface area is 410 Å². The summed E-state index contributed by atoms with van der Waals surface area (Å²) < 4.78 is 148. The molecule has 4 N–H and O–H groups in total. The zero-order valence-corrected chi connectivity index (χ0v) is 38.1. The molecule has 2 atom stereocenters. The zero-order chi connectivity index (χ0) is 53.6. The van der Waals surface area contributed by atoms with Gasteiger partial charge in [0.2, 0.25) is 0 Å². The van der Waals surface area contributed by atoms with Crippen molar-refractivity contribution in [2.75, 3.05) is 18.9 Å². The minimum atomic E-state index is -5.67. The van der Waals surface area contributed by atoms with E-state index in [9.17, 15) is 73.3 Å². The van der Waals surface area contributed by atoms with E-state index in [4.69, 9.17) is 24.7 Å². The molecule has 21 heteroatoms. The molecule has 0 fully saturated rings. The van der Waals surface area contributed by atoms with Crippen LogP contribution in [0.5, 0.6) is 23.0 Å². The normalized spacial score (nSPS) is 13.6. The fourth-order valence-electron chi connectivity index (χ4n) is 6.52. The summed E-state index contributed by atoms with van der Waals surface area (Å²) in [5, 5.41) is 22.7. The average Bonchev–Trinajstić information content (AvgIpc) is 3.34. The summed E-state index contributed by atoms with van der Waals surface area (Å²) in [6.07, 6.45) is -13.5. The highest BCUT2D eigenvalue weighted by Crippen LogP contribution is 2.40. The van der Waals surface area contributed by atoms with Crippen molar-refractivity contribution in [3.8, 4) is 23.0 Å². The maximum absolute atomic E-state index is 13.7. The first-order chi connectivity index (χ1) is 34.2. The van der Waals surface area contributed by atoms with Gasteiger partial charge in [-0.3, -0.25) is 9.59 Å². The van der Waals surface area contributed by atoms with Crippen molar-refractivity contribution >= 4 is 41.3 Å². The Balaban J connectivity index is 1.13. The molecule has 11 nitrogen and oxygen atoms in total. The Morgan fingerprint density at radius 3 is 1.32 bits per heavy atom. The van der Waals surface area contributed by atoms with E-state index in [1.54, 1.807) is 12.1 Å². The van der Waals surface area contributed by atoms with Crippen molar-refractivity contribution in [1.82, 2.24) is 0 Å². The van der Waals surface area contributed by atoms with E-state index in [-0.39, 0.29) is 40.5 Å². The molecule has 2 unspecified atom stereocenters. The molecular weight excluding hydrogens is 989 g/mol. The van der Waals surface area contributed by atoms with Gasteiger partial charge in [0.15, 0.2) is 11.6 Å². The molecule has 5 aromatic rings. The molecule has 0 bridgehead atoms. The number of aliphatic hydroxyl groups is 2. The van der Waals surface area contributed by atoms with E-state index in [1.165, 1.54) is 121 Å². The third-order valence-electron chi connectivity index (χ3n) is 10.7. The molecular formula is C52H45F10NO10. The number of alkyl halides is 10. The summed E-state index contributed by atoms with van der Waals surface area (Å²) in [6.45, 7) is -0.853. The molecule has 73 heavy (non-hydrogen) atoms. The lowest BCUT2D eigenvalue weighted by atomic mass is 9.83. The molecule has 0 saturated carbocycles. The Hall–Kier alpha value is -7.52. The number of benzene rings is 5. The molecule has 0 heterocycles. The summed E-state index contributed by atoms with van der Waals surface area (Å²) in [6, 6.07) is 28.2. The van der Waals surface area contributed by atoms with E-state index in [2.05, 4.69) is 0 Å². The molecule has 0 saturated heterocycles. The quantitative estimate of drug-likeness (QED) is 0.0134. The molecule has 0 aliphatic carbocycles. The SMILES string of the molecule is Nc1ccc(CC(O)(CC(O)C(=O)/C=C/c2ccc(OC(=O)c3ccc(OCCCC(F)(F)C(F)(F)F)cc3)cc2)C(=O)/C=C/c2ccc(OC(=O)c3ccc(OCCCC(F)(F)C(F)(F)F)cc3)cc2)cc1. The number of carbonyl (C=O) groups is 4. The zero-order valence-electron chi connectivity index (χ0n) is 38.1. The van der Waals surface area contributed by atoms with Crippen LogP contribution < -0.4 is 24.7 Å². The van der Waals surface area contributed by atoms with Crippen LogP contribution in [0.1, 0.15) is 69.5 Å². The van der Waals surface area contributed by atoms with Crippen molar-refractivity contribution < 1.29 is 92.2 Å². The third-order valence-corrected chi connectivity index (χ3v) is 10.7. The van der Waals surface area contributed by atoms with Gasteiger partial charge in [0.25, 0.3) is 0 Å². The van der Waals surface area contributed by atoms with Gasteiger partial charge >= 0.3 is 36.1 Å². The van der Waals surface area contributed by atoms with Gasteiger partial charge in [-0.05, 0) is 127 Å². The number of rotatable bonds is 24. The molecule has 0 aliphatic heterocycles. The Bertz CT molecular complexity index is 2710. The number of halogens is 10. The minimum absolute atomic E-state index is 0.0573. The van der Waals surface area contributed by atoms with Crippen LogP contribution in [0.4, 0.5) is 49.6 Å². The van der Waals surface area contributed by atoms with Gasteiger partial charge in [-0.25, -0.2) is 9.59 Å². The Morgan fingerprint density at radius 1 is 0.534 bits per heavy atom. The van der Waals surface area contributed by atoms with E-state index >= 15 is 0 Å².